The van der Waals surface area contributed by atoms with Crippen molar-refractivity contribution in [3.63, 3.8) is 0 Å². The predicted octanol–water partition coefficient (Wildman–Crippen LogP) is 2.35. The monoisotopic (exact) mass is 321 g/mol. The van der Waals surface area contributed by atoms with E-state index < -0.39 is 17.0 Å². The molecule has 0 amide bonds. The Morgan fingerprint density at radius 3 is 2.56 bits per heavy atom. The second-order valence-corrected chi connectivity index (χ2v) is 4.85. The number of ether oxygens (including phenoxy) is 1. The smallest absolute Gasteiger partial charge is 0.304 e. The first-order chi connectivity index (χ1) is 8.45. The number of oxime groups is 1. The Morgan fingerprint density at radius 1 is 1.44 bits per heavy atom. The van der Waals surface area contributed by atoms with E-state index in [9.17, 15) is 13.9 Å². The lowest BCUT2D eigenvalue weighted by Gasteiger charge is -2.20. The Morgan fingerprint density at radius 2 is 2.06 bits per heavy atom. The highest BCUT2D eigenvalue weighted by Gasteiger charge is 2.51. The molecule has 0 aromatic heterocycles. The van der Waals surface area contributed by atoms with Gasteiger partial charge in [-0.1, -0.05) is 5.16 Å². The summed E-state index contributed by atoms with van der Waals surface area (Å²) in [6, 6.07) is 6.38. The van der Waals surface area contributed by atoms with Gasteiger partial charge in [-0.2, -0.15) is 0 Å². The highest BCUT2D eigenvalue weighted by Crippen LogP contribution is 2.39. The molecule has 2 atom stereocenters. The Balaban J connectivity index is 2.32. The summed E-state index contributed by atoms with van der Waals surface area (Å²) in [7, 11) is 1.50. The van der Waals surface area contributed by atoms with E-state index in [0.29, 0.717) is 11.3 Å². The molecule has 18 heavy (non-hydrogen) atoms. The first-order valence-corrected chi connectivity index (χ1v) is 5.85. The Kier molecular flexibility index (Phi) is 3.54. The molecule has 1 aromatic carbocycles. The van der Waals surface area contributed by atoms with E-state index in [-0.39, 0.29) is 5.71 Å². The molecule has 1 heterocycles. The number of alkyl halides is 3. The minimum Gasteiger partial charge on any atom is -0.497 e. The van der Waals surface area contributed by atoms with Crippen LogP contribution in [-0.4, -0.2) is 29.0 Å². The number of halogens is 3. The van der Waals surface area contributed by atoms with Gasteiger partial charge in [-0.25, -0.2) is 8.78 Å². The SMILES string of the molecule is COc1ccc(C2=NOC(O)(Br)C2C(F)F)cc1. The molecular formula is C11H10BrF2NO3. The molecular weight excluding hydrogens is 312 g/mol. The van der Waals surface area contributed by atoms with Gasteiger partial charge >= 0.3 is 4.70 Å². The van der Waals surface area contributed by atoms with Crippen LogP contribution in [0.15, 0.2) is 29.4 Å². The second-order valence-electron chi connectivity index (χ2n) is 3.72. The van der Waals surface area contributed by atoms with Gasteiger partial charge in [0.1, 0.15) is 17.4 Å². The Labute approximate surface area is 110 Å². The summed E-state index contributed by atoms with van der Waals surface area (Å²) in [6.45, 7) is 0. The van der Waals surface area contributed by atoms with Gasteiger partial charge in [0, 0.05) is 5.56 Å². The molecule has 0 fully saturated rings. The van der Waals surface area contributed by atoms with Crippen molar-refractivity contribution in [2.45, 2.75) is 11.1 Å². The lowest BCUT2D eigenvalue weighted by molar-refractivity contribution is -0.149. The molecule has 0 bridgehead atoms. The van der Waals surface area contributed by atoms with Crippen LogP contribution in [0.1, 0.15) is 5.56 Å². The molecule has 2 rings (SSSR count). The van der Waals surface area contributed by atoms with Gasteiger partial charge in [-0.05, 0) is 40.2 Å². The molecule has 1 aromatic rings. The summed E-state index contributed by atoms with van der Waals surface area (Å²) in [6.07, 6.45) is -2.81. The standard InChI is InChI=1S/C11H10BrF2NO3/c1-17-7-4-2-6(3-5-7)9-8(10(13)14)11(12,16)18-15-9/h2-5,8,10,16H,1H3. The molecule has 2 unspecified atom stereocenters. The van der Waals surface area contributed by atoms with Crippen LogP contribution in [0.5, 0.6) is 5.75 Å². The van der Waals surface area contributed by atoms with Crippen molar-refractivity contribution in [3.8, 4) is 5.75 Å². The van der Waals surface area contributed by atoms with Crippen LogP contribution in [0.2, 0.25) is 0 Å². The van der Waals surface area contributed by atoms with Gasteiger partial charge in [0.25, 0.3) is 6.43 Å². The number of nitrogens with zero attached hydrogens (tertiary/aromatic N) is 1. The van der Waals surface area contributed by atoms with Crippen LogP contribution < -0.4 is 4.74 Å². The van der Waals surface area contributed by atoms with E-state index >= 15 is 0 Å². The van der Waals surface area contributed by atoms with Crippen molar-refractivity contribution in [2.24, 2.45) is 11.1 Å². The Hall–Kier alpha value is -1.21. The number of aliphatic hydroxyl groups is 1. The largest absolute Gasteiger partial charge is 0.497 e. The molecule has 4 nitrogen and oxygen atoms in total. The number of rotatable bonds is 3. The van der Waals surface area contributed by atoms with E-state index in [1.165, 1.54) is 7.11 Å². The highest BCUT2D eigenvalue weighted by atomic mass is 79.9. The molecule has 0 spiro atoms. The zero-order valence-corrected chi connectivity index (χ0v) is 10.9. The lowest BCUT2D eigenvalue weighted by Crippen LogP contribution is -2.38. The van der Waals surface area contributed by atoms with Gasteiger partial charge < -0.3 is 14.7 Å². The van der Waals surface area contributed by atoms with Gasteiger partial charge in [-0.3, -0.25) is 0 Å². The third-order valence-electron chi connectivity index (χ3n) is 2.59. The van der Waals surface area contributed by atoms with Crippen molar-refractivity contribution in [3.05, 3.63) is 29.8 Å². The molecule has 1 N–H and O–H groups in total. The van der Waals surface area contributed by atoms with Gasteiger partial charge in [0.05, 0.1) is 7.11 Å². The van der Waals surface area contributed by atoms with Gasteiger partial charge in [0.2, 0.25) is 0 Å². The molecule has 1 aliphatic heterocycles. The summed E-state index contributed by atoms with van der Waals surface area (Å²) in [5, 5.41) is 13.1. The van der Waals surface area contributed by atoms with Crippen LogP contribution in [-0.2, 0) is 4.84 Å². The fraction of sp³-hybridized carbons (Fsp3) is 0.364. The Bertz CT molecular complexity index is 462. The van der Waals surface area contributed by atoms with Crippen LogP contribution in [0.3, 0.4) is 0 Å². The van der Waals surface area contributed by atoms with Crippen molar-refractivity contribution < 1.29 is 23.5 Å². The average Bonchev–Trinajstić information content (AvgIpc) is 2.65. The molecule has 98 valence electrons. The van der Waals surface area contributed by atoms with Crippen molar-refractivity contribution in [1.29, 1.82) is 0 Å². The van der Waals surface area contributed by atoms with E-state index in [1.54, 1.807) is 24.3 Å². The normalized spacial score (nSPS) is 27.0. The van der Waals surface area contributed by atoms with Crippen LogP contribution >= 0.6 is 15.9 Å². The molecule has 0 radical (unpaired) electrons. The molecule has 1 aliphatic rings. The van der Waals surface area contributed by atoms with E-state index in [0.717, 1.165) is 0 Å². The lowest BCUT2D eigenvalue weighted by atomic mass is 9.97. The number of methoxy groups -OCH3 is 1. The predicted molar refractivity (Wildman–Crippen MR) is 64.0 cm³/mol. The summed E-state index contributed by atoms with van der Waals surface area (Å²) in [4.78, 5) is 4.59. The molecule has 7 heteroatoms. The zero-order valence-electron chi connectivity index (χ0n) is 9.31. The fourth-order valence-corrected chi connectivity index (χ4v) is 2.15. The summed E-state index contributed by atoms with van der Waals surface area (Å²) in [5.41, 5.74) is 0.434. The van der Waals surface area contributed by atoms with E-state index in [4.69, 9.17) is 4.74 Å². The first-order valence-electron chi connectivity index (χ1n) is 5.05. The van der Waals surface area contributed by atoms with E-state index in [1.807, 2.05) is 0 Å². The third-order valence-corrected chi connectivity index (χ3v) is 3.23. The van der Waals surface area contributed by atoms with Gasteiger partial charge in [0.15, 0.2) is 0 Å². The molecule has 0 aliphatic carbocycles. The highest BCUT2D eigenvalue weighted by molar-refractivity contribution is 9.10. The first kappa shape index (κ1) is 13.2. The quantitative estimate of drug-likeness (QED) is 0.869. The summed E-state index contributed by atoms with van der Waals surface area (Å²) >= 11 is 2.69. The number of benzene rings is 1. The van der Waals surface area contributed by atoms with Crippen LogP contribution in [0.4, 0.5) is 8.78 Å². The third kappa shape index (κ3) is 2.32. The summed E-state index contributed by atoms with van der Waals surface area (Å²) in [5.74, 6) is -0.952. The zero-order chi connectivity index (χ0) is 13.3. The van der Waals surface area contributed by atoms with E-state index in [2.05, 4.69) is 25.9 Å². The maximum atomic E-state index is 12.9. The average molecular weight is 322 g/mol. The van der Waals surface area contributed by atoms with Crippen molar-refractivity contribution in [2.75, 3.05) is 7.11 Å². The van der Waals surface area contributed by atoms with Crippen LogP contribution in [0, 0.1) is 5.92 Å². The fourth-order valence-electron chi connectivity index (χ4n) is 1.66. The maximum absolute atomic E-state index is 12.9. The topological polar surface area (TPSA) is 51.0 Å². The second kappa shape index (κ2) is 4.81. The van der Waals surface area contributed by atoms with Crippen molar-refractivity contribution in [1.82, 2.24) is 0 Å². The minimum atomic E-state index is -2.81. The van der Waals surface area contributed by atoms with Gasteiger partial charge in [-0.15, -0.1) is 0 Å². The summed E-state index contributed by atoms with van der Waals surface area (Å²) < 4.78 is 28.7. The van der Waals surface area contributed by atoms with Crippen molar-refractivity contribution >= 4 is 21.6 Å². The maximum Gasteiger partial charge on any atom is 0.304 e. The van der Waals surface area contributed by atoms with Crippen LogP contribution in [0.25, 0.3) is 0 Å². The minimum absolute atomic E-state index is 0.00738. The molecule has 0 saturated heterocycles. The molecule has 0 saturated carbocycles. The number of hydrogen-bond donors (Lipinski definition) is 1. The number of hydrogen-bond acceptors (Lipinski definition) is 4.